The molecule has 0 aromatic heterocycles. The molecule has 6 nitrogen and oxygen atoms in total. The van der Waals surface area contributed by atoms with Crippen LogP contribution in [0.2, 0.25) is 0 Å². The zero-order chi connectivity index (χ0) is 19.8. The molecule has 0 saturated heterocycles. The third-order valence-electron chi connectivity index (χ3n) is 4.64. The second-order valence-corrected chi connectivity index (χ2v) is 6.77. The number of rotatable bonds is 8. The van der Waals surface area contributed by atoms with E-state index in [9.17, 15) is 0 Å². The van der Waals surface area contributed by atoms with Crippen LogP contribution in [0.4, 0.5) is 0 Å². The zero-order valence-electron chi connectivity index (χ0n) is 17.2. The SMILES string of the molecule is CN=C(NCCc1ccc2c(c1)CCO2)NCC(C)Oc1ccc(OC)cc1.I. The van der Waals surface area contributed by atoms with Crippen molar-refractivity contribution in [2.24, 2.45) is 4.99 Å². The molecular formula is C22H30IN3O3. The van der Waals surface area contributed by atoms with Gasteiger partial charge in [-0.15, -0.1) is 24.0 Å². The molecule has 7 heteroatoms. The number of aliphatic imine (C=N–C) groups is 1. The molecule has 0 radical (unpaired) electrons. The van der Waals surface area contributed by atoms with Crippen molar-refractivity contribution >= 4 is 29.9 Å². The summed E-state index contributed by atoms with van der Waals surface area (Å²) in [7, 11) is 3.43. The molecule has 0 amide bonds. The minimum absolute atomic E-state index is 0. The summed E-state index contributed by atoms with van der Waals surface area (Å²) in [5.41, 5.74) is 2.62. The number of ether oxygens (including phenoxy) is 3. The van der Waals surface area contributed by atoms with Gasteiger partial charge >= 0.3 is 0 Å². The Balaban J connectivity index is 0.00000300. The quantitative estimate of drug-likeness (QED) is 0.323. The number of nitrogens with one attached hydrogen (secondary N) is 2. The van der Waals surface area contributed by atoms with Gasteiger partial charge in [-0.1, -0.05) is 12.1 Å². The number of guanidine groups is 1. The lowest BCUT2D eigenvalue weighted by Crippen LogP contribution is -2.42. The number of hydrogen-bond acceptors (Lipinski definition) is 4. The van der Waals surface area contributed by atoms with Crippen molar-refractivity contribution in [3.63, 3.8) is 0 Å². The fraction of sp³-hybridized carbons (Fsp3) is 0.409. The van der Waals surface area contributed by atoms with Gasteiger partial charge in [-0.3, -0.25) is 4.99 Å². The third-order valence-corrected chi connectivity index (χ3v) is 4.64. The van der Waals surface area contributed by atoms with E-state index in [0.29, 0.717) is 6.54 Å². The molecule has 29 heavy (non-hydrogen) atoms. The van der Waals surface area contributed by atoms with Crippen LogP contribution in [-0.4, -0.2) is 45.9 Å². The highest BCUT2D eigenvalue weighted by Crippen LogP contribution is 2.25. The Morgan fingerprint density at radius 2 is 1.90 bits per heavy atom. The molecule has 1 aliphatic rings. The van der Waals surface area contributed by atoms with Crippen LogP contribution < -0.4 is 24.8 Å². The van der Waals surface area contributed by atoms with Gasteiger partial charge in [-0.05, 0) is 54.8 Å². The normalized spacial score (nSPS) is 13.6. The molecular weight excluding hydrogens is 481 g/mol. The molecule has 1 aliphatic heterocycles. The first-order valence-electron chi connectivity index (χ1n) is 9.68. The predicted octanol–water partition coefficient (Wildman–Crippen LogP) is 3.42. The van der Waals surface area contributed by atoms with Crippen molar-refractivity contribution in [3.05, 3.63) is 53.6 Å². The maximum atomic E-state index is 5.91. The number of methoxy groups -OCH3 is 1. The maximum absolute atomic E-state index is 5.91. The van der Waals surface area contributed by atoms with Gasteiger partial charge in [-0.25, -0.2) is 0 Å². The second-order valence-electron chi connectivity index (χ2n) is 6.77. The van der Waals surface area contributed by atoms with E-state index in [1.54, 1.807) is 14.2 Å². The second kappa shape index (κ2) is 11.7. The van der Waals surface area contributed by atoms with E-state index in [1.165, 1.54) is 11.1 Å². The first kappa shape index (κ1) is 23.1. The van der Waals surface area contributed by atoms with Crippen molar-refractivity contribution in [1.82, 2.24) is 10.6 Å². The molecule has 2 aromatic rings. The monoisotopic (exact) mass is 511 g/mol. The van der Waals surface area contributed by atoms with E-state index in [4.69, 9.17) is 14.2 Å². The number of nitrogens with zero attached hydrogens (tertiary/aromatic N) is 1. The average Bonchev–Trinajstić information content (AvgIpc) is 3.19. The highest BCUT2D eigenvalue weighted by Gasteiger charge is 2.12. The standard InChI is InChI=1S/C22H29N3O3.HI/c1-16(28-20-7-5-19(26-3)6-8-20)15-25-22(23-2)24-12-10-17-4-9-21-18(14-17)11-13-27-21;/h4-9,14,16H,10-13,15H2,1-3H3,(H2,23,24,25);1H. The van der Waals surface area contributed by atoms with Crippen LogP contribution in [0.3, 0.4) is 0 Å². The fourth-order valence-electron chi connectivity index (χ4n) is 3.11. The number of benzene rings is 2. The Morgan fingerprint density at radius 1 is 1.14 bits per heavy atom. The molecule has 1 heterocycles. The Labute approximate surface area is 190 Å². The van der Waals surface area contributed by atoms with Gasteiger partial charge in [0.1, 0.15) is 23.4 Å². The fourth-order valence-corrected chi connectivity index (χ4v) is 3.11. The van der Waals surface area contributed by atoms with E-state index in [-0.39, 0.29) is 30.1 Å². The summed E-state index contributed by atoms with van der Waals surface area (Å²) in [6.07, 6.45) is 1.95. The summed E-state index contributed by atoms with van der Waals surface area (Å²) in [6.45, 7) is 4.29. The molecule has 158 valence electrons. The highest BCUT2D eigenvalue weighted by molar-refractivity contribution is 14.0. The lowest BCUT2D eigenvalue weighted by Gasteiger charge is -2.18. The van der Waals surface area contributed by atoms with Crippen LogP contribution in [0, 0.1) is 0 Å². The number of fused-ring (bicyclic) bond motifs is 1. The van der Waals surface area contributed by atoms with Crippen molar-refractivity contribution < 1.29 is 14.2 Å². The van der Waals surface area contributed by atoms with Crippen LogP contribution >= 0.6 is 24.0 Å². The predicted molar refractivity (Wildman–Crippen MR) is 127 cm³/mol. The van der Waals surface area contributed by atoms with Crippen LogP contribution in [0.5, 0.6) is 17.2 Å². The first-order chi connectivity index (χ1) is 13.7. The summed E-state index contributed by atoms with van der Waals surface area (Å²) >= 11 is 0. The maximum Gasteiger partial charge on any atom is 0.191 e. The first-order valence-corrected chi connectivity index (χ1v) is 9.68. The largest absolute Gasteiger partial charge is 0.497 e. The van der Waals surface area contributed by atoms with Crippen LogP contribution in [-0.2, 0) is 12.8 Å². The molecule has 0 spiro atoms. The van der Waals surface area contributed by atoms with E-state index in [1.807, 2.05) is 31.2 Å². The summed E-state index contributed by atoms with van der Waals surface area (Å²) in [5.74, 6) is 3.44. The van der Waals surface area contributed by atoms with Gasteiger partial charge < -0.3 is 24.8 Å². The minimum Gasteiger partial charge on any atom is -0.497 e. The van der Waals surface area contributed by atoms with E-state index in [0.717, 1.165) is 49.2 Å². The van der Waals surface area contributed by atoms with Crippen LogP contribution in [0.25, 0.3) is 0 Å². The molecule has 0 fully saturated rings. The summed E-state index contributed by atoms with van der Waals surface area (Å²) in [6, 6.07) is 14.0. The average molecular weight is 511 g/mol. The zero-order valence-corrected chi connectivity index (χ0v) is 19.6. The summed E-state index contributed by atoms with van der Waals surface area (Å²) in [4.78, 5) is 4.28. The van der Waals surface area contributed by atoms with Gasteiger partial charge in [-0.2, -0.15) is 0 Å². The summed E-state index contributed by atoms with van der Waals surface area (Å²) in [5, 5.41) is 6.66. The highest BCUT2D eigenvalue weighted by atomic mass is 127. The van der Waals surface area contributed by atoms with Crippen LogP contribution in [0.1, 0.15) is 18.1 Å². The van der Waals surface area contributed by atoms with Gasteiger partial charge in [0.15, 0.2) is 5.96 Å². The Hall–Kier alpha value is -2.16. The molecule has 1 atom stereocenters. The lowest BCUT2D eigenvalue weighted by molar-refractivity contribution is 0.223. The Bertz CT molecular complexity index is 796. The van der Waals surface area contributed by atoms with E-state index in [2.05, 4.69) is 33.8 Å². The molecule has 0 bridgehead atoms. The Kier molecular flexibility index (Phi) is 9.37. The van der Waals surface area contributed by atoms with Crippen molar-refractivity contribution in [2.75, 3.05) is 33.9 Å². The van der Waals surface area contributed by atoms with Gasteiger partial charge in [0.25, 0.3) is 0 Å². The van der Waals surface area contributed by atoms with E-state index < -0.39 is 0 Å². The molecule has 0 aliphatic carbocycles. The number of halogens is 1. The molecule has 2 N–H and O–H groups in total. The Morgan fingerprint density at radius 3 is 2.62 bits per heavy atom. The topological polar surface area (TPSA) is 64.1 Å². The van der Waals surface area contributed by atoms with Gasteiger partial charge in [0.2, 0.25) is 0 Å². The van der Waals surface area contributed by atoms with Gasteiger partial charge in [0, 0.05) is 20.0 Å². The molecule has 0 saturated carbocycles. The van der Waals surface area contributed by atoms with E-state index >= 15 is 0 Å². The van der Waals surface area contributed by atoms with Crippen LogP contribution in [0.15, 0.2) is 47.5 Å². The number of hydrogen-bond donors (Lipinski definition) is 2. The molecule has 2 aromatic carbocycles. The smallest absolute Gasteiger partial charge is 0.191 e. The van der Waals surface area contributed by atoms with Crippen molar-refractivity contribution in [1.29, 1.82) is 0 Å². The van der Waals surface area contributed by atoms with Crippen molar-refractivity contribution in [3.8, 4) is 17.2 Å². The summed E-state index contributed by atoms with van der Waals surface area (Å²) < 4.78 is 16.6. The van der Waals surface area contributed by atoms with Crippen molar-refractivity contribution in [2.45, 2.75) is 25.9 Å². The molecule has 3 rings (SSSR count). The molecule has 1 unspecified atom stereocenters. The van der Waals surface area contributed by atoms with Gasteiger partial charge in [0.05, 0.1) is 20.3 Å². The lowest BCUT2D eigenvalue weighted by atomic mass is 10.1. The minimum atomic E-state index is 0. The third kappa shape index (κ3) is 6.99.